The third-order valence-electron chi connectivity index (χ3n) is 0.862. The van der Waals surface area contributed by atoms with Crippen LogP contribution in [0.5, 0.6) is 0 Å². The molecule has 54 valence electrons. The normalized spacial score (nSPS) is 7.40. The molecule has 3 heteroatoms. The number of rotatable bonds is 1. The van der Waals surface area contributed by atoms with Crippen molar-refractivity contribution in [3.63, 3.8) is 0 Å². The Balaban J connectivity index is 0.000000371. The monoisotopic (exact) mass is 139 g/mol. The summed E-state index contributed by atoms with van der Waals surface area (Å²) in [7, 11) is 1.00. The van der Waals surface area contributed by atoms with Crippen molar-refractivity contribution in [1.29, 1.82) is 0 Å². The molecule has 0 amide bonds. The zero-order chi connectivity index (χ0) is 7.82. The van der Waals surface area contributed by atoms with Crippen molar-refractivity contribution in [2.75, 3.05) is 7.11 Å². The van der Waals surface area contributed by atoms with Gasteiger partial charge in [-0.05, 0) is 17.3 Å². The van der Waals surface area contributed by atoms with Gasteiger partial charge in [-0.1, -0.05) is 18.2 Å². The van der Waals surface area contributed by atoms with Crippen molar-refractivity contribution < 1.29 is 5.11 Å². The molecule has 1 aromatic carbocycles. The first-order valence-electron chi connectivity index (χ1n) is 2.76. The van der Waals surface area contributed by atoms with E-state index in [-0.39, 0.29) is 0 Å². The fraction of sp³-hybridized carbons (Fsp3) is 0.143. The quantitative estimate of drug-likeness (QED) is 0.602. The van der Waals surface area contributed by atoms with Gasteiger partial charge in [-0.25, -0.2) is 0 Å². The molecule has 0 unspecified atom stereocenters. The minimum atomic E-state index is 0.479. The summed E-state index contributed by atoms with van der Waals surface area (Å²) in [6.07, 6.45) is 0. The maximum atomic E-state index is 9.76. The first kappa shape index (κ1) is 8.78. The number of aliphatic hydroxyl groups is 1. The number of benzene rings is 1. The predicted molar refractivity (Wildman–Crippen MR) is 40.0 cm³/mol. The molecule has 0 atom stereocenters. The SMILES string of the molecule is CO.O=Nc1ccccc1. The first-order valence-corrected chi connectivity index (χ1v) is 2.76. The maximum Gasteiger partial charge on any atom is 0.107 e. The molecule has 0 aliphatic carbocycles. The number of nitrogens with zero attached hydrogens (tertiary/aromatic N) is 1. The summed E-state index contributed by atoms with van der Waals surface area (Å²) in [5.74, 6) is 0. The van der Waals surface area contributed by atoms with E-state index in [4.69, 9.17) is 5.11 Å². The Bertz CT molecular complexity index is 174. The molecule has 0 aliphatic rings. The molecule has 0 aromatic heterocycles. The molecular weight excluding hydrogens is 130 g/mol. The summed E-state index contributed by atoms with van der Waals surface area (Å²) in [4.78, 5) is 9.76. The lowest BCUT2D eigenvalue weighted by molar-refractivity contribution is 0.399. The van der Waals surface area contributed by atoms with Crippen LogP contribution in [-0.4, -0.2) is 12.2 Å². The highest BCUT2D eigenvalue weighted by atomic mass is 16.3. The summed E-state index contributed by atoms with van der Waals surface area (Å²) in [5, 5.41) is 9.72. The third kappa shape index (κ3) is 2.94. The zero-order valence-corrected chi connectivity index (χ0v) is 5.69. The Labute approximate surface area is 59.3 Å². The van der Waals surface area contributed by atoms with Crippen LogP contribution in [0.25, 0.3) is 0 Å². The average molecular weight is 139 g/mol. The third-order valence-corrected chi connectivity index (χ3v) is 0.862. The Morgan fingerprint density at radius 3 is 2.00 bits per heavy atom. The van der Waals surface area contributed by atoms with Gasteiger partial charge in [-0.3, -0.25) is 0 Å². The standard InChI is InChI=1S/C6H5NO.CH4O/c8-7-6-4-2-1-3-5-6;1-2/h1-5H;2H,1H3. The van der Waals surface area contributed by atoms with E-state index in [0.717, 1.165) is 7.11 Å². The molecule has 0 saturated carbocycles. The van der Waals surface area contributed by atoms with Crippen molar-refractivity contribution in [2.45, 2.75) is 0 Å². The minimum Gasteiger partial charge on any atom is -0.400 e. The van der Waals surface area contributed by atoms with Crippen molar-refractivity contribution in [3.05, 3.63) is 35.2 Å². The second kappa shape index (κ2) is 5.91. The molecule has 0 radical (unpaired) electrons. The summed E-state index contributed by atoms with van der Waals surface area (Å²) in [6.45, 7) is 0. The van der Waals surface area contributed by atoms with Crippen LogP contribution in [0.15, 0.2) is 35.5 Å². The summed E-state index contributed by atoms with van der Waals surface area (Å²) in [6, 6.07) is 8.71. The Morgan fingerprint density at radius 2 is 1.70 bits per heavy atom. The predicted octanol–water partition coefficient (Wildman–Crippen LogP) is 1.69. The highest BCUT2D eigenvalue weighted by Crippen LogP contribution is 2.07. The van der Waals surface area contributed by atoms with Crippen molar-refractivity contribution in [3.8, 4) is 0 Å². The van der Waals surface area contributed by atoms with Crippen molar-refractivity contribution in [2.24, 2.45) is 5.18 Å². The summed E-state index contributed by atoms with van der Waals surface area (Å²) < 4.78 is 0. The van der Waals surface area contributed by atoms with Gasteiger partial charge in [0, 0.05) is 7.11 Å². The highest BCUT2D eigenvalue weighted by Gasteiger charge is 1.81. The number of nitroso groups, excluding NO2 is 1. The van der Waals surface area contributed by atoms with Gasteiger partial charge in [0.2, 0.25) is 0 Å². The minimum absolute atomic E-state index is 0.479. The fourth-order valence-corrected chi connectivity index (χ4v) is 0.489. The van der Waals surface area contributed by atoms with Crippen molar-refractivity contribution >= 4 is 5.69 Å². The van der Waals surface area contributed by atoms with E-state index in [0.29, 0.717) is 5.69 Å². The molecule has 0 spiro atoms. The van der Waals surface area contributed by atoms with Crippen molar-refractivity contribution in [1.82, 2.24) is 0 Å². The number of hydrogen-bond acceptors (Lipinski definition) is 3. The van der Waals surface area contributed by atoms with E-state index in [2.05, 4.69) is 5.18 Å². The fourth-order valence-electron chi connectivity index (χ4n) is 0.489. The largest absolute Gasteiger partial charge is 0.400 e. The van der Waals surface area contributed by atoms with Crippen LogP contribution in [0.1, 0.15) is 0 Å². The summed E-state index contributed by atoms with van der Waals surface area (Å²) >= 11 is 0. The van der Waals surface area contributed by atoms with E-state index in [9.17, 15) is 4.91 Å². The van der Waals surface area contributed by atoms with Gasteiger partial charge in [0.15, 0.2) is 0 Å². The Kier molecular flexibility index (Phi) is 5.19. The van der Waals surface area contributed by atoms with E-state index in [1.807, 2.05) is 6.07 Å². The second-order valence-corrected chi connectivity index (χ2v) is 1.43. The topological polar surface area (TPSA) is 49.7 Å². The van der Waals surface area contributed by atoms with Crippen LogP contribution in [0.3, 0.4) is 0 Å². The van der Waals surface area contributed by atoms with Gasteiger partial charge in [0.05, 0.1) is 0 Å². The van der Waals surface area contributed by atoms with E-state index in [1.54, 1.807) is 24.3 Å². The van der Waals surface area contributed by atoms with E-state index >= 15 is 0 Å². The van der Waals surface area contributed by atoms with Crippen LogP contribution in [0.4, 0.5) is 5.69 Å². The highest BCUT2D eigenvalue weighted by molar-refractivity contribution is 5.34. The van der Waals surface area contributed by atoms with Gasteiger partial charge >= 0.3 is 0 Å². The molecular formula is C7H9NO2. The second-order valence-electron chi connectivity index (χ2n) is 1.43. The molecule has 3 nitrogen and oxygen atoms in total. The van der Waals surface area contributed by atoms with Crippen LogP contribution < -0.4 is 0 Å². The van der Waals surface area contributed by atoms with Gasteiger partial charge in [0.1, 0.15) is 5.69 Å². The molecule has 0 saturated heterocycles. The van der Waals surface area contributed by atoms with Crippen LogP contribution >= 0.6 is 0 Å². The van der Waals surface area contributed by atoms with E-state index in [1.165, 1.54) is 0 Å². The van der Waals surface area contributed by atoms with Gasteiger partial charge < -0.3 is 5.11 Å². The molecule has 0 bridgehead atoms. The molecule has 1 N–H and O–H groups in total. The Morgan fingerprint density at radius 1 is 1.20 bits per heavy atom. The molecule has 0 fully saturated rings. The average Bonchev–Trinajstić information content (AvgIpc) is 2.10. The van der Waals surface area contributed by atoms with Gasteiger partial charge in [-0.2, -0.15) is 0 Å². The molecule has 10 heavy (non-hydrogen) atoms. The zero-order valence-electron chi connectivity index (χ0n) is 5.69. The maximum absolute atomic E-state index is 9.76. The van der Waals surface area contributed by atoms with Gasteiger partial charge in [0.25, 0.3) is 0 Å². The Hall–Kier alpha value is -1.22. The number of aliphatic hydroxyl groups excluding tert-OH is 1. The lowest BCUT2D eigenvalue weighted by Crippen LogP contribution is -1.56. The van der Waals surface area contributed by atoms with Crippen LogP contribution in [0.2, 0.25) is 0 Å². The lowest BCUT2D eigenvalue weighted by Gasteiger charge is -1.80. The smallest absolute Gasteiger partial charge is 0.107 e. The van der Waals surface area contributed by atoms with Crippen LogP contribution in [0, 0.1) is 4.91 Å². The molecule has 1 rings (SSSR count). The molecule has 0 aliphatic heterocycles. The number of hydrogen-bond donors (Lipinski definition) is 1. The lowest BCUT2D eigenvalue weighted by atomic mass is 10.3. The van der Waals surface area contributed by atoms with Crippen LogP contribution in [-0.2, 0) is 0 Å². The first-order chi connectivity index (χ1) is 4.93. The van der Waals surface area contributed by atoms with Gasteiger partial charge in [-0.15, -0.1) is 4.91 Å². The molecule has 0 heterocycles. The van der Waals surface area contributed by atoms with E-state index < -0.39 is 0 Å². The molecule has 1 aromatic rings. The summed E-state index contributed by atoms with van der Waals surface area (Å²) in [5.41, 5.74) is 0.479.